The highest BCUT2D eigenvalue weighted by molar-refractivity contribution is 6.37. The van der Waals surface area contributed by atoms with Crippen molar-refractivity contribution in [1.29, 1.82) is 0 Å². The van der Waals surface area contributed by atoms with Crippen LogP contribution in [0.1, 0.15) is 73.6 Å². The van der Waals surface area contributed by atoms with Crippen LogP contribution >= 0.6 is 0 Å². The number of nitrogens with one attached hydrogen (secondary N) is 4. The zero-order valence-corrected chi connectivity index (χ0v) is 21.8. The Morgan fingerprint density at radius 1 is 0.943 bits per heavy atom. The minimum absolute atomic E-state index is 0.0194. The number of amides is 5. The molecule has 3 unspecified atom stereocenters. The van der Waals surface area contributed by atoms with Crippen molar-refractivity contribution in [2.24, 2.45) is 16.6 Å². The fraction of sp³-hybridized carbons (Fsp3) is 0.792. The molecule has 0 aromatic carbocycles. The van der Waals surface area contributed by atoms with Gasteiger partial charge in [0, 0.05) is 19.1 Å². The molecule has 0 aromatic heterocycles. The predicted molar refractivity (Wildman–Crippen MR) is 131 cm³/mol. The normalized spacial score (nSPS) is 20.4. The highest BCUT2D eigenvalue weighted by Gasteiger charge is 2.43. The third-order valence-corrected chi connectivity index (χ3v) is 6.31. The zero-order chi connectivity index (χ0) is 26.6. The van der Waals surface area contributed by atoms with E-state index in [0.717, 1.165) is 19.3 Å². The standard InChI is InChI=1S/C24H42N6O5/c1-23(2,3)13-26-22(35)28-17(24(4,5)6)21(34)30-12-8-11-15(30)20(33)29-19(16(31)18(25)32)27-14-9-7-10-14/h14-15,17,19,27H,7-13H2,1-6H3,(H2,25,32)(H,29,33)(H2,26,28,35). The van der Waals surface area contributed by atoms with Crippen molar-refractivity contribution in [2.45, 2.75) is 97.9 Å². The molecule has 11 heteroatoms. The van der Waals surface area contributed by atoms with Crippen LogP contribution < -0.4 is 27.0 Å². The number of ketones is 1. The quantitative estimate of drug-likeness (QED) is 0.230. The summed E-state index contributed by atoms with van der Waals surface area (Å²) in [5.41, 5.74) is 4.43. The van der Waals surface area contributed by atoms with Crippen LogP contribution in [0.15, 0.2) is 0 Å². The molecular weight excluding hydrogens is 452 g/mol. The molecule has 6 N–H and O–H groups in total. The number of rotatable bonds is 9. The summed E-state index contributed by atoms with van der Waals surface area (Å²) in [5, 5.41) is 11.1. The Balaban J connectivity index is 2.12. The first-order valence-corrected chi connectivity index (χ1v) is 12.3. The zero-order valence-electron chi connectivity index (χ0n) is 21.8. The highest BCUT2D eigenvalue weighted by atomic mass is 16.2. The first-order valence-electron chi connectivity index (χ1n) is 12.3. The van der Waals surface area contributed by atoms with Crippen LogP contribution in [0.2, 0.25) is 0 Å². The van der Waals surface area contributed by atoms with Crippen LogP contribution in [-0.2, 0) is 19.2 Å². The molecule has 3 atom stereocenters. The summed E-state index contributed by atoms with van der Waals surface area (Å²) in [6.07, 6.45) is 2.44. The molecule has 198 valence electrons. The van der Waals surface area contributed by atoms with Crippen molar-refractivity contribution < 1.29 is 24.0 Å². The summed E-state index contributed by atoms with van der Waals surface area (Å²) in [5.74, 6) is -2.97. The van der Waals surface area contributed by atoms with Crippen molar-refractivity contribution in [3.05, 3.63) is 0 Å². The number of urea groups is 1. The van der Waals surface area contributed by atoms with Crippen molar-refractivity contribution >= 4 is 29.5 Å². The van der Waals surface area contributed by atoms with E-state index >= 15 is 0 Å². The highest BCUT2D eigenvalue weighted by Crippen LogP contribution is 2.26. The number of Topliss-reactive ketones (excluding diaryl/α,β-unsaturated/α-hetero) is 1. The average molecular weight is 495 g/mol. The minimum atomic E-state index is -1.23. The Kier molecular flexibility index (Phi) is 9.27. The van der Waals surface area contributed by atoms with Crippen LogP contribution in [0.5, 0.6) is 0 Å². The van der Waals surface area contributed by atoms with Gasteiger partial charge in [-0.3, -0.25) is 24.5 Å². The van der Waals surface area contributed by atoms with Gasteiger partial charge in [-0.1, -0.05) is 48.0 Å². The Morgan fingerprint density at radius 3 is 2.06 bits per heavy atom. The second-order valence-electron chi connectivity index (χ2n) is 11.8. The van der Waals surface area contributed by atoms with Gasteiger partial charge >= 0.3 is 6.03 Å². The van der Waals surface area contributed by atoms with Gasteiger partial charge in [0.25, 0.3) is 11.7 Å². The molecule has 35 heavy (non-hydrogen) atoms. The third-order valence-electron chi connectivity index (χ3n) is 6.31. The van der Waals surface area contributed by atoms with E-state index in [1.807, 2.05) is 41.5 Å². The molecule has 1 aliphatic heterocycles. The lowest BCUT2D eigenvalue weighted by molar-refractivity contribution is -0.143. The lowest BCUT2D eigenvalue weighted by Gasteiger charge is -2.36. The van der Waals surface area contributed by atoms with Gasteiger partial charge in [0.05, 0.1) is 0 Å². The Morgan fingerprint density at radius 2 is 1.57 bits per heavy atom. The minimum Gasteiger partial charge on any atom is -0.363 e. The van der Waals surface area contributed by atoms with Gasteiger partial charge in [-0.05, 0) is 36.5 Å². The Hall–Kier alpha value is -2.69. The lowest BCUT2D eigenvalue weighted by atomic mass is 9.85. The summed E-state index contributed by atoms with van der Waals surface area (Å²) in [6.45, 7) is 12.3. The molecule has 2 fully saturated rings. The first kappa shape index (κ1) is 28.5. The summed E-state index contributed by atoms with van der Waals surface area (Å²) in [7, 11) is 0. The molecule has 11 nitrogen and oxygen atoms in total. The van der Waals surface area contributed by atoms with Gasteiger partial charge < -0.3 is 26.6 Å². The molecule has 2 rings (SSSR count). The van der Waals surface area contributed by atoms with Crippen molar-refractivity contribution in [3.8, 4) is 0 Å². The van der Waals surface area contributed by atoms with E-state index in [1.54, 1.807) is 0 Å². The van der Waals surface area contributed by atoms with Crippen LogP contribution in [-0.4, -0.2) is 71.8 Å². The van der Waals surface area contributed by atoms with Crippen LogP contribution in [0.4, 0.5) is 4.79 Å². The summed E-state index contributed by atoms with van der Waals surface area (Å²) in [4.78, 5) is 64.5. The molecular formula is C24H42N6O5. The van der Waals surface area contributed by atoms with Crippen molar-refractivity contribution in [2.75, 3.05) is 13.1 Å². The Labute approximate surface area is 207 Å². The van der Waals surface area contributed by atoms with Gasteiger partial charge in [0.2, 0.25) is 11.8 Å². The molecule has 1 aliphatic carbocycles. The van der Waals surface area contributed by atoms with Crippen molar-refractivity contribution in [1.82, 2.24) is 26.2 Å². The maximum atomic E-state index is 13.6. The van der Waals surface area contributed by atoms with E-state index in [9.17, 15) is 24.0 Å². The summed E-state index contributed by atoms with van der Waals surface area (Å²) in [6, 6.07) is -2.12. The molecule has 5 amide bonds. The van der Waals surface area contributed by atoms with Gasteiger partial charge in [-0.2, -0.15) is 0 Å². The number of hydrogen-bond donors (Lipinski definition) is 5. The Bertz CT molecular complexity index is 827. The first-order chi connectivity index (χ1) is 16.1. The van der Waals surface area contributed by atoms with Crippen LogP contribution in [0, 0.1) is 10.8 Å². The van der Waals surface area contributed by atoms with E-state index in [2.05, 4.69) is 21.3 Å². The number of primary amides is 1. The maximum absolute atomic E-state index is 13.6. The van der Waals surface area contributed by atoms with Crippen LogP contribution in [0.3, 0.4) is 0 Å². The van der Waals surface area contributed by atoms with Crippen LogP contribution in [0.25, 0.3) is 0 Å². The topological polar surface area (TPSA) is 163 Å². The second kappa shape index (κ2) is 11.4. The van der Waals surface area contributed by atoms with Gasteiger partial charge in [0.15, 0.2) is 0 Å². The number of carbonyl (C=O) groups is 5. The molecule has 1 heterocycles. The average Bonchev–Trinajstić information content (AvgIpc) is 3.19. The number of likely N-dealkylation sites (tertiary alicyclic amines) is 1. The number of nitrogens with two attached hydrogens (primary N) is 1. The summed E-state index contributed by atoms with van der Waals surface area (Å²) < 4.78 is 0. The molecule has 1 saturated carbocycles. The van der Waals surface area contributed by atoms with E-state index in [4.69, 9.17) is 5.73 Å². The van der Waals surface area contributed by atoms with E-state index in [-0.39, 0.29) is 17.4 Å². The number of hydrogen-bond acceptors (Lipinski definition) is 6. The van der Waals surface area contributed by atoms with Gasteiger partial charge in [-0.25, -0.2) is 4.79 Å². The fourth-order valence-electron chi connectivity index (χ4n) is 4.02. The second-order valence-corrected chi connectivity index (χ2v) is 11.8. The van der Waals surface area contributed by atoms with E-state index in [0.29, 0.717) is 25.9 Å². The summed E-state index contributed by atoms with van der Waals surface area (Å²) >= 11 is 0. The monoisotopic (exact) mass is 494 g/mol. The van der Waals surface area contributed by atoms with Gasteiger partial charge in [0.1, 0.15) is 18.2 Å². The molecule has 0 spiro atoms. The molecule has 0 radical (unpaired) electrons. The largest absolute Gasteiger partial charge is 0.363 e. The molecule has 2 aliphatic rings. The molecule has 1 saturated heterocycles. The SMILES string of the molecule is CC(C)(C)CNC(=O)NC(C(=O)N1CCCC1C(=O)NC(NC1CCC1)C(=O)C(N)=O)C(C)(C)C. The lowest BCUT2D eigenvalue weighted by Crippen LogP contribution is -2.62. The molecule has 0 aromatic rings. The third kappa shape index (κ3) is 8.19. The number of nitrogens with zero attached hydrogens (tertiary/aromatic N) is 1. The molecule has 0 bridgehead atoms. The van der Waals surface area contributed by atoms with Crippen molar-refractivity contribution in [3.63, 3.8) is 0 Å². The smallest absolute Gasteiger partial charge is 0.315 e. The van der Waals surface area contributed by atoms with Gasteiger partial charge in [-0.15, -0.1) is 0 Å². The maximum Gasteiger partial charge on any atom is 0.315 e. The predicted octanol–water partition coefficient (Wildman–Crippen LogP) is 0.376. The van der Waals surface area contributed by atoms with E-state index < -0.39 is 47.3 Å². The number of carbonyl (C=O) groups excluding carboxylic acids is 5. The fourth-order valence-corrected chi connectivity index (χ4v) is 4.02. The van der Waals surface area contributed by atoms with E-state index in [1.165, 1.54) is 4.90 Å².